The maximum Gasteiger partial charge on any atom is 0.232 e. The second-order valence-corrected chi connectivity index (χ2v) is 10.6. The lowest BCUT2D eigenvalue weighted by atomic mass is 9.75. The first-order valence-corrected chi connectivity index (χ1v) is 12.1. The molecule has 6 heteroatoms. The van der Waals surface area contributed by atoms with Gasteiger partial charge in [0.1, 0.15) is 0 Å². The highest BCUT2D eigenvalue weighted by Crippen LogP contribution is 2.37. The van der Waals surface area contributed by atoms with Crippen LogP contribution in [0.1, 0.15) is 54.9 Å². The van der Waals surface area contributed by atoms with Crippen molar-refractivity contribution in [2.75, 3.05) is 30.2 Å². The van der Waals surface area contributed by atoms with E-state index < -0.39 is 10.0 Å². The van der Waals surface area contributed by atoms with Gasteiger partial charge in [-0.05, 0) is 68.3 Å². The summed E-state index contributed by atoms with van der Waals surface area (Å²) < 4.78 is 25.6. The molecule has 1 aromatic carbocycles. The number of anilines is 1. The lowest BCUT2D eigenvalue weighted by Gasteiger charge is -2.41. The van der Waals surface area contributed by atoms with Gasteiger partial charge >= 0.3 is 0 Å². The van der Waals surface area contributed by atoms with Crippen molar-refractivity contribution in [2.24, 2.45) is 11.8 Å². The Bertz CT molecular complexity index is 836. The Morgan fingerprint density at radius 2 is 1.89 bits per heavy atom. The zero-order valence-electron chi connectivity index (χ0n) is 16.4. The predicted molar refractivity (Wildman–Crippen MR) is 108 cm³/mol. The average molecular weight is 391 g/mol. The van der Waals surface area contributed by atoms with Crippen molar-refractivity contribution in [3.05, 3.63) is 29.3 Å². The molecule has 4 rings (SSSR count). The molecule has 0 aromatic heterocycles. The standard InChI is InChI=1S/C21H30N2O3S/c1-15-11-19-12-17(7-8-20(19)23(15)27(2,25)26)21(24)14-22-10-9-16-5-3-4-6-18(16)13-22/h7-8,12,15-16,18H,3-6,9-11,13-14H2,1-2H3/t15-,16+,18+/m1/s1. The van der Waals surface area contributed by atoms with E-state index in [4.69, 9.17) is 0 Å². The molecule has 27 heavy (non-hydrogen) atoms. The molecule has 1 saturated heterocycles. The Kier molecular flexibility index (Phi) is 5.06. The molecule has 1 aromatic rings. The highest BCUT2D eigenvalue weighted by molar-refractivity contribution is 7.92. The molecule has 0 N–H and O–H groups in total. The van der Waals surface area contributed by atoms with E-state index in [1.165, 1.54) is 42.7 Å². The van der Waals surface area contributed by atoms with Gasteiger partial charge in [0.15, 0.2) is 5.78 Å². The number of nitrogens with zero attached hydrogens (tertiary/aromatic N) is 2. The van der Waals surface area contributed by atoms with Gasteiger partial charge in [-0.1, -0.05) is 19.3 Å². The molecule has 1 saturated carbocycles. The third-order valence-electron chi connectivity index (χ3n) is 6.65. The van der Waals surface area contributed by atoms with Gasteiger partial charge < -0.3 is 0 Å². The van der Waals surface area contributed by atoms with Crippen molar-refractivity contribution in [3.63, 3.8) is 0 Å². The summed E-state index contributed by atoms with van der Waals surface area (Å²) in [6.45, 7) is 4.47. The molecule has 148 valence electrons. The normalized spacial score (nSPS) is 28.7. The van der Waals surface area contributed by atoms with Crippen LogP contribution in [-0.2, 0) is 16.4 Å². The first kappa shape index (κ1) is 18.9. The van der Waals surface area contributed by atoms with E-state index in [1.54, 1.807) is 12.1 Å². The largest absolute Gasteiger partial charge is 0.296 e. The summed E-state index contributed by atoms with van der Waals surface area (Å²) in [5, 5.41) is 0. The van der Waals surface area contributed by atoms with Crippen LogP contribution in [0.15, 0.2) is 18.2 Å². The van der Waals surface area contributed by atoms with Gasteiger partial charge in [-0.15, -0.1) is 0 Å². The van der Waals surface area contributed by atoms with Gasteiger partial charge in [0.2, 0.25) is 10.0 Å². The number of hydrogen-bond acceptors (Lipinski definition) is 4. The van der Waals surface area contributed by atoms with Crippen LogP contribution in [0.4, 0.5) is 5.69 Å². The number of carbonyl (C=O) groups is 1. The number of likely N-dealkylation sites (tertiary alicyclic amines) is 1. The zero-order valence-corrected chi connectivity index (χ0v) is 17.2. The average Bonchev–Trinajstić information content (AvgIpc) is 2.96. The molecule has 3 aliphatic rings. The molecule has 0 amide bonds. The quantitative estimate of drug-likeness (QED) is 0.742. The summed E-state index contributed by atoms with van der Waals surface area (Å²) in [7, 11) is -3.29. The minimum Gasteiger partial charge on any atom is -0.296 e. The molecule has 5 nitrogen and oxygen atoms in total. The van der Waals surface area contributed by atoms with E-state index in [1.807, 2.05) is 13.0 Å². The molecule has 0 unspecified atom stereocenters. The van der Waals surface area contributed by atoms with Crippen molar-refractivity contribution < 1.29 is 13.2 Å². The monoisotopic (exact) mass is 390 g/mol. The number of sulfonamides is 1. The molecule has 3 atom stereocenters. The van der Waals surface area contributed by atoms with E-state index in [9.17, 15) is 13.2 Å². The molecule has 0 radical (unpaired) electrons. The Hall–Kier alpha value is -1.40. The summed E-state index contributed by atoms with van der Waals surface area (Å²) in [5.41, 5.74) is 2.40. The van der Waals surface area contributed by atoms with Gasteiger partial charge in [-0.2, -0.15) is 0 Å². The lowest BCUT2D eigenvalue weighted by Crippen LogP contribution is -2.43. The molecule has 2 heterocycles. The summed E-state index contributed by atoms with van der Waals surface area (Å²) >= 11 is 0. The molecule has 2 aliphatic heterocycles. The van der Waals surface area contributed by atoms with Gasteiger partial charge in [-0.25, -0.2) is 8.42 Å². The maximum atomic E-state index is 12.9. The van der Waals surface area contributed by atoms with Gasteiger partial charge in [0, 0.05) is 18.2 Å². The van der Waals surface area contributed by atoms with Crippen molar-refractivity contribution in [3.8, 4) is 0 Å². The number of ketones is 1. The van der Waals surface area contributed by atoms with E-state index in [2.05, 4.69) is 4.90 Å². The first-order valence-electron chi connectivity index (χ1n) is 10.2. The molecule has 2 fully saturated rings. The second kappa shape index (κ2) is 7.21. The van der Waals surface area contributed by atoms with Crippen molar-refractivity contribution in [1.82, 2.24) is 4.90 Å². The van der Waals surface area contributed by atoms with Crippen molar-refractivity contribution in [2.45, 2.75) is 51.5 Å². The second-order valence-electron chi connectivity index (χ2n) is 8.71. The van der Waals surface area contributed by atoms with Crippen LogP contribution >= 0.6 is 0 Å². The van der Waals surface area contributed by atoms with Crippen LogP contribution in [0.3, 0.4) is 0 Å². The van der Waals surface area contributed by atoms with Crippen molar-refractivity contribution in [1.29, 1.82) is 0 Å². The lowest BCUT2D eigenvalue weighted by molar-refractivity contribution is 0.0713. The molecular weight excluding hydrogens is 360 g/mol. The summed E-state index contributed by atoms with van der Waals surface area (Å²) in [4.78, 5) is 15.2. The zero-order chi connectivity index (χ0) is 19.2. The van der Waals surface area contributed by atoms with Gasteiger partial charge in [0.25, 0.3) is 0 Å². The number of rotatable bonds is 4. The molecular formula is C21H30N2O3S. The maximum absolute atomic E-state index is 12.9. The SMILES string of the molecule is C[C@@H]1Cc2cc(C(=O)CN3CC[C@@H]4CCCC[C@H]4C3)ccc2N1S(C)(=O)=O. The minimum absolute atomic E-state index is 0.0920. The number of fused-ring (bicyclic) bond motifs is 2. The number of piperidine rings is 1. The van der Waals surface area contributed by atoms with Crippen LogP contribution in [0.5, 0.6) is 0 Å². The van der Waals surface area contributed by atoms with Crippen LogP contribution < -0.4 is 4.31 Å². The van der Waals surface area contributed by atoms with Crippen molar-refractivity contribution >= 4 is 21.5 Å². The smallest absolute Gasteiger partial charge is 0.232 e. The van der Waals surface area contributed by atoms with Gasteiger partial charge in [0.05, 0.1) is 18.5 Å². The van der Waals surface area contributed by atoms with E-state index >= 15 is 0 Å². The van der Waals surface area contributed by atoms with Crippen LogP contribution in [0.2, 0.25) is 0 Å². The van der Waals surface area contributed by atoms with E-state index in [-0.39, 0.29) is 11.8 Å². The fourth-order valence-electron chi connectivity index (χ4n) is 5.40. The Morgan fingerprint density at radius 1 is 1.15 bits per heavy atom. The fraction of sp³-hybridized carbons (Fsp3) is 0.667. The number of benzene rings is 1. The summed E-state index contributed by atoms with van der Waals surface area (Å²) in [6, 6.07) is 5.42. The third-order valence-corrected chi connectivity index (χ3v) is 7.93. The highest BCUT2D eigenvalue weighted by Gasteiger charge is 2.34. The van der Waals surface area contributed by atoms with Gasteiger partial charge in [-0.3, -0.25) is 14.0 Å². The summed E-state index contributed by atoms with van der Waals surface area (Å²) in [6.07, 6.45) is 8.52. The Balaban J connectivity index is 1.45. The summed E-state index contributed by atoms with van der Waals surface area (Å²) in [5.74, 6) is 1.79. The Labute approximate surface area is 162 Å². The predicted octanol–water partition coefficient (Wildman–Crippen LogP) is 3.09. The topological polar surface area (TPSA) is 57.7 Å². The molecule has 1 aliphatic carbocycles. The highest BCUT2D eigenvalue weighted by atomic mass is 32.2. The fourth-order valence-corrected chi connectivity index (χ4v) is 6.66. The van der Waals surface area contributed by atoms with Crippen LogP contribution in [0.25, 0.3) is 0 Å². The van der Waals surface area contributed by atoms with E-state index in [0.717, 1.165) is 36.2 Å². The molecule has 0 spiro atoms. The Morgan fingerprint density at radius 3 is 2.63 bits per heavy atom. The number of carbonyl (C=O) groups excluding carboxylic acids is 1. The van der Waals surface area contributed by atoms with Crippen LogP contribution in [0, 0.1) is 11.8 Å². The number of Topliss-reactive ketones (excluding diaryl/α,β-unsaturated/α-hetero) is 1. The first-order chi connectivity index (χ1) is 12.8. The van der Waals surface area contributed by atoms with Crippen LogP contribution in [-0.4, -0.2) is 51.0 Å². The van der Waals surface area contributed by atoms with E-state index in [0.29, 0.717) is 18.5 Å². The molecule has 0 bridgehead atoms. The number of hydrogen-bond donors (Lipinski definition) is 0. The third kappa shape index (κ3) is 3.79. The minimum atomic E-state index is -3.29.